The van der Waals surface area contributed by atoms with Crippen LogP contribution in [0.1, 0.15) is 28.8 Å². The van der Waals surface area contributed by atoms with Crippen LogP contribution in [-0.4, -0.2) is 20.4 Å². The number of nitrogens with one attached hydrogen (secondary N) is 2. The molecule has 0 spiro atoms. The number of hydrogen-bond donors (Lipinski definition) is 2. The number of sulfonamides is 1. The van der Waals surface area contributed by atoms with Crippen molar-refractivity contribution in [2.45, 2.75) is 30.7 Å². The van der Waals surface area contributed by atoms with Crippen LogP contribution in [0.5, 0.6) is 0 Å². The number of benzene rings is 2. The first-order valence-electron chi connectivity index (χ1n) is 7.65. The van der Waals surface area contributed by atoms with Crippen molar-refractivity contribution < 1.29 is 17.6 Å². The molecule has 1 amide bonds. The Kier molecular flexibility index (Phi) is 4.81. The highest BCUT2D eigenvalue weighted by atomic mass is 35.5. The summed E-state index contributed by atoms with van der Waals surface area (Å²) in [4.78, 5) is 11.8. The molecule has 0 radical (unpaired) electrons. The van der Waals surface area contributed by atoms with Gasteiger partial charge in [-0.3, -0.25) is 4.79 Å². The molecule has 1 saturated carbocycles. The van der Waals surface area contributed by atoms with Gasteiger partial charge in [0.15, 0.2) is 0 Å². The van der Waals surface area contributed by atoms with Crippen molar-refractivity contribution in [3.05, 3.63) is 58.4 Å². The third kappa shape index (κ3) is 4.18. The molecule has 2 aromatic carbocycles. The molecule has 0 unspecified atom stereocenters. The van der Waals surface area contributed by atoms with Gasteiger partial charge >= 0.3 is 0 Å². The molecular weight excluding hydrogens is 367 g/mol. The molecule has 1 aliphatic rings. The fourth-order valence-electron chi connectivity index (χ4n) is 2.25. The van der Waals surface area contributed by atoms with Gasteiger partial charge in [0, 0.05) is 11.6 Å². The highest BCUT2D eigenvalue weighted by Gasteiger charge is 2.30. The molecule has 0 aliphatic heterocycles. The normalized spacial score (nSPS) is 14.4. The first-order chi connectivity index (χ1) is 11.8. The molecule has 5 nitrogen and oxygen atoms in total. The van der Waals surface area contributed by atoms with Crippen LogP contribution in [0.25, 0.3) is 0 Å². The van der Waals surface area contributed by atoms with Gasteiger partial charge in [0.05, 0.1) is 10.7 Å². The maximum Gasteiger partial charge on any atom is 0.255 e. The second-order valence-electron chi connectivity index (χ2n) is 5.98. The summed E-state index contributed by atoms with van der Waals surface area (Å²) in [5.74, 6) is -1.48. The van der Waals surface area contributed by atoms with E-state index >= 15 is 0 Å². The predicted molar refractivity (Wildman–Crippen MR) is 93.9 cm³/mol. The summed E-state index contributed by atoms with van der Waals surface area (Å²) in [6.07, 6.45) is 1.46. The van der Waals surface area contributed by atoms with Crippen LogP contribution in [0, 0.1) is 12.7 Å². The second-order valence-corrected chi connectivity index (χ2v) is 8.07. The fourth-order valence-corrected chi connectivity index (χ4v) is 3.94. The lowest BCUT2D eigenvalue weighted by Gasteiger charge is -2.10. The first kappa shape index (κ1) is 17.8. The summed E-state index contributed by atoms with van der Waals surface area (Å²) in [5, 5.41) is 2.96. The Morgan fingerprint density at radius 2 is 1.92 bits per heavy atom. The molecule has 0 saturated heterocycles. The quantitative estimate of drug-likeness (QED) is 0.831. The van der Waals surface area contributed by atoms with Crippen molar-refractivity contribution in [2.24, 2.45) is 0 Å². The lowest BCUT2D eigenvalue weighted by atomic mass is 10.2. The lowest BCUT2D eigenvalue weighted by Crippen LogP contribution is -2.27. The zero-order valence-corrected chi connectivity index (χ0v) is 14.9. The van der Waals surface area contributed by atoms with Crippen molar-refractivity contribution in [1.29, 1.82) is 0 Å². The molecule has 1 aliphatic carbocycles. The molecule has 0 aromatic heterocycles. The van der Waals surface area contributed by atoms with Crippen molar-refractivity contribution in [3.63, 3.8) is 0 Å². The van der Waals surface area contributed by atoms with E-state index in [-0.39, 0.29) is 11.6 Å². The van der Waals surface area contributed by atoms with Crippen LogP contribution in [-0.2, 0) is 10.0 Å². The van der Waals surface area contributed by atoms with Gasteiger partial charge in [-0.05, 0) is 55.7 Å². The van der Waals surface area contributed by atoms with Crippen LogP contribution >= 0.6 is 11.6 Å². The van der Waals surface area contributed by atoms with Crippen LogP contribution in [0.15, 0.2) is 41.3 Å². The molecular formula is C17H16ClFN2O3S. The average Bonchev–Trinajstić information content (AvgIpc) is 3.33. The van der Waals surface area contributed by atoms with Gasteiger partial charge in [-0.1, -0.05) is 17.7 Å². The van der Waals surface area contributed by atoms with Gasteiger partial charge in [0.2, 0.25) is 10.0 Å². The number of hydrogen-bond acceptors (Lipinski definition) is 3. The molecule has 8 heteroatoms. The van der Waals surface area contributed by atoms with E-state index in [2.05, 4.69) is 10.0 Å². The molecule has 1 fully saturated rings. The molecule has 25 heavy (non-hydrogen) atoms. The summed E-state index contributed by atoms with van der Waals surface area (Å²) < 4.78 is 40.8. The Bertz CT molecular complexity index is 943. The van der Waals surface area contributed by atoms with Crippen molar-refractivity contribution in [1.82, 2.24) is 4.72 Å². The van der Waals surface area contributed by atoms with E-state index in [1.54, 1.807) is 18.2 Å². The van der Waals surface area contributed by atoms with Gasteiger partial charge < -0.3 is 5.32 Å². The standard InChI is InChI=1S/C17H16ClFN2O3S/c1-10-2-7-15(13(18)8-10)20-17(22)11-3-6-14(19)16(9-11)25(23,24)21-12-4-5-12/h2-3,6-9,12,21H,4-5H2,1H3,(H,20,22). The molecule has 3 rings (SSSR count). The van der Waals surface area contributed by atoms with Crippen molar-refractivity contribution in [2.75, 3.05) is 5.32 Å². The molecule has 0 atom stereocenters. The van der Waals surface area contributed by atoms with E-state index in [1.165, 1.54) is 6.07 Å². The lowest BCUT2D eigenvalue weighted by molar-refractivity contribution is 0.102. The van der Waals surface area contributed by atoms with Crippen LogP contribution in [0.2, 0.25) is 5.02 Å². The SMILES string of the molecule is Cc1ccc(NC(=O)c2ccc(F)c(S(=O)(=O)NC3CC3)c2)c(Cl)c1. The molecule has 0 heterocycles. The van der Waals surface area contributed by atoms with Crippen molar-refractivity contribution >= 4 is 33.2 Å². The number of aryl methyl sites for hydroxylation is 1. The first-order valence-corrected chi connectivity index (χ1v) is 9.52. The van der Waals surface area contributed by atoms with E-state index in [0.29, 0.717) is 10.7 Å². The van der Waals surface area contributed by atoms with E-state index < -0.39 is 26.6 Å². The Labute approximate surface area is 150 Å². The smallest absolute Gasteiger partial charge is 0.255 e. The Balaban J connectivity index is 1.87. The molecule has 2 N–H and O–H groups in total. The monoisotopic (exact) mass is 382 g/mol. The summed E-state index contributed by atoms with van der Waals surface area (Å²) in [5.41, 5.74) is 1.35. The number of carbonyl (C=O) groups excluding carboxylic acids is 1. The van der Waals surface area contributed by atoms with Crippen LogP contribution in [0.4, 0.5) is 10.1 Å². The van der Waals surface area contributed by atoms with E-state index in [1.807, 2.05) is 6.92 Å². The van der Waals surface area contributed by atoms with E-state index in [4.69, 9.17) is 11.6 Å². The number of carbonyl (C=O) groups is 1. The Morgan fingerprint density at radius 3 is 2.56 bits per heavy atom. The minimum Gasteiger partial charge on any atom is -0.321 e. The minimum absolute atomic E-state index is 0.0224. The van der Waals surface area contributed by atoms with Gasteiger partial charge in [-0.15, -0.1) is 0 Å². The average molecular weight is 383 g/mol. The highest BCUT2D eigenvalue weighted by molar-refractivity contribution is 7.89. The maximum atomic E-state index is 14.0. The van der Waals surface area contributed by atoms with Crippen LogP contribution in [0.3, 0.4) is 0 Å². The Morgan fingerprint density at radius 1 is 1.20 bits per heavy atom. The maximum absolute atomic E-state index is 14.0. The zero-order valence-electron chi connectivity index (χ0n) is 13.3. The largest absolute Gasteiger partial charge is 0.321 e. The topological polar surface area (TPSA) is 75.3 Å². The third-order valence-corrected chi connectivity index (χ3v) is 5.60. The molecule has 132 valence electrons. The predicted octanol–water partition coefficient (Wildman–Crippen LogP) is 3.48. The summed E-state index contributed by atoms with van der Waals surface area (Å²) in [7, 11) is -4.00. The number of amides is 1. The van der Waals surface area contributed by atoms with Gasteiger partial charge in [-0.2, -0.15) is 0 Å². The van der Waals surface area contributed by atoms with Crippen LogP contribution < -0.4 is 10.0 Å². The summed E-state index contributed by atoms with van der Waals surface area (Å²) in [6.45, 7) is 1.86. The third-order valence-electron chi connectivity index (χ3n) is 3.75. The number of anilines is 1. The fraction of sp³-hybridized carbons (Fsp3) is 0.235. The summed E-state index contributed by atoms with van der Waals surface area (Å²) >= 11 is 6.07. The van der Waals surface area contributed by atoms with Gasteiger partial charge in [0.1, 0.15) is 10.7 Å². The van der Waals surface area contributed by atoms with Crippen molar-refractivity contribution in [3.8, 4) is 0 Å². The summed E-state index contributed by atoms with van der Waals surface area (Å²) in [6, 6.07) is 8.17. The zero-order chi connectivity index (χ0) is 18.2. The van der Waals surface area contributed by atoms with E-state index in [0.717, 1.165) is 30.5 Å². The Hall–Kier alpha value is -1.96. The number of halogens is 2. The second kappa shape index (κ2) is 6.74. The molecule has 0 bridgehead atoms. The highest BCUT2D eigenvalue weighted by Crippen LogP contribution is 2.26. The molecule has 2 aromatic rings. The van der Waals surface area contributed by atoms with Gasteiger partial charge in [0.25, 0.3) is 5.91 Å². The van der Waals surface area contributed by atoms with Gasteiger partial charge in [-0.25, -0.2) is 17.5 Å². The number of rotatable bonds is 5. The van der Waals surface area contributed by atoms with E-state index in [9.17, 15) is 17.6 Å². The minimum atomic E-state index is -4.00.